The van der Waals surface area contributed by atoms with E-state index in [1.165, 1.54) is 19.3 Å². The number of pyridine rings is 1. The predicted octanol–water partition coefficient (Wildman–Crippen LogP) is 5.63. The number of hydrogen-bond donors (Lipinski definition) is 4. The molecule has 324 valence electrons. The SMILES string of the molecule is CCN(C)S(=O)(=O)Nc1ccc(F)c(C(=O)c2c[nH]c3ncc(-c4cnc(N5CC6(CC(C7CCN(c8ccc(NC9CCC(=O)NC9=O)cc8F)CC7)C6)C5)nc4)cc23)c1F. The maximum atomic E-state index is 15.6. The monoisotopic (exact) mass is 870 g/mol. The molecule has 2 aromatic carbocycles. The van der Waals surface area contributed by atoms with E-state index in [1.54, 1.807) is 43.7 Å². The molecule has 9 rings (SSSR count). The first kappa shape index (κ1) is 41.3. The maximum absolute atomic E-state index is 15.6. The first-order chi connectivity index (χ1) is 29.7. The fourth-order valence-electron chi connectivity index (χ4n) is 9.39. The number of carbonyl (C=O) groups is 3. The molecule has 4 aliphatic rings. The van der Waals surface area contributed by atoms with Crippen molar-refractivity contribution in [1.29, 1.82) is 0 Å². The van der Waals surface area contributed by atoms with E-state index in [-0.39, 0.29) is 35.7 Å². The van der Waals surface area contributed by atoms with Crippen LogP contribution in [-0.2, 0) is 19.8 Å². The van der Waals surface area contributed by atoms with Gasteiger partial charge in [0.1, 0.15) is 23.3 Å². The van der Waals surface area contributed by atoms with Crippen molar-refractivity contribution < 1.29 is 36.0 Å². The minimum atomic E-state index is -4.14. The molecule has 1 unspecified atom stereocenters. The summed E-state index contributed by atoms with van der Waals surface area (Å²) in [5, 5.41) is 5.67. The van der Waals surface area contributed by atoms with Gasteiger partial charge < -0.3 is 20.1 Å². The second-order valence-corrected chi connectivity index (χ2v) is 18.7. The molecule has 4 fully saturated rings. The average Bonchev–Trinajstić information content (AvgIpc) is 3.66. The number of H-pyrrole nitrogens is 1. The molecular weight excluding hydrogens is 826 g/mol. The van der Waals surface area contributed by atoms with E-state index in [1.807, 2.05) is 0 Å². The summed E-state index contributed by atoms with van der Waals surface area (Å²) >= 11 is 0. The summed E-state index contributed by atoms with van der Waals surface area (Å²) in [5.41, 5.74) is 1.31. The molecule has 0 bridgehead atoms. The van der Waals surface area contributed by atoms with Gasteiger partial charge in [0, 0.05) is 104 Å². The zero-order valence-electron chi connectivity index (χ0n) is 34.1. The van der Waals surface area contributed by atoms with Gasteiger partial charge in [0.25, 0.3) is 0 Å². The highest BCUT2D eigenvalue weighted by Crippen LogP contribution is 2.56. The summed E-state index contributed by atoms with van der Waals surface area (Å²) in [5.74, 6) is -2.69. The Bertz CT molecular complexity index is 2690. The number of fused-ring (bicyclic) bond motifs is 1. The van der Waals surface area contributed by atoms with Crippen LogP contribution in [0.2, 0.25) is 0 Å². The van der Waals surface area contributed by atoms with E-state index < -0.39 is 50.8 Å². The Balaban J connectivity index is 0.786. The van der Waals surface area contributed by atoms with Gasteiger partial charge in [-0.15, -0.1) is 0 Å². The van der Waals surface area contributed by atoms with Crippen LogP contribution in [0.25, 0.3) is 22.2 Å². The van der Waals surface area contributed by atoms with Crippen LogP contribution in [0.4, 0.5) is 36.2 Å². The number of carbonyl (C=O) groups excluding carboxylic acids is 3. The molecule has 1 saturated carbocycles. The number of nitrogens with one attached hydrogen (secondary N) is 4. The number of anilines is 4. The van der Waals surface area contributed by atoms with Crippen molar-refractivity contribution in [2.24, 2.45) is 17.3 Å². The number of halogens is 3. The minimum Gasteiger partial charge on any atom is -0.374 e. The number of aromatic nitrogens is 4. The van der Waals surface area contributed by atoms with Crippen molar-refractivity contribution in [2.75, 3.05) is 59.6 Å². The first-order valence-corrected chi connectivity index (χ1v) is 22.1. The van der Waals surface area contributed by atoms with Crippen LogP contribution < -0.4 is 25.2 Å². The van der Waals surface area contributed by atoms with E-state index >= 15 is 13.2 Å². The summed E-state index contributed by atoms with van der Waals surface area (Å²) in [6.45, 7) is 4.97. The summed E-state index contributed by atoms with van der Waals surface area (Å²) < 4.78 is 74.0. The molecule has 15 nitrogen and oxygen atoms in total. The number of amides is 2. The lowest BCUT2D eigenvalue weighted by Gasteiger charge is -2.61. The molecule has 3 aliphatic heterocycles. The number of ketones is 1. The Morgan fingerprint density at radius 2 is 1.65 bits per heavy atom. The normalized spacial score (nSPS) is 19.4. The van der Waals surface area contributed by atoms with Gasteiger partial charge in [0.2, 0.25) is 23.5 Å². The molecule has 0 radical (unpaired) electrons. The highest BCUT2D eigenvalue weighted by Gasteiger charge is 2.54. The van der Waals surface area contributed by atoms with Crippen molar-refractivity contribution in [3.8, 4) is 11.1 Å². The number of imide groups is 1. The van der Waals surface area contributed by atoms with E-state index in [4.69, 9.17) is 0 Å². The van der Waals surface area contributed by atoms with Gasteiger partial charge in [0.15, 0.2) is 5.82 Å². The number of rotatable bonds is 12. The lowest BCUT2D eigenvalue weighted by molar-refractivity contribution is -0.133. The van der Waals surface area contributed by atoms with Gasteiger partial charge in [-0.2, -0.15) is 12.7 Å². The first-order valence-electron chi connectivity index (χ1n) is 20.7. The Morgan fingerprint density at radius 3 is 2.34 bits per heavy atom. The topological polar surface area (TPSA) is 186 Å². The minimum absolute atomic E-state index is 0.0487. The molecule has 5 aromatic rings. The lowest BCUT2D eigenvalue weighted by atomic mass is 9.53. The number of benzene rings is 2. The molecule has 3 aromatic heterocycles. The molecule has 1 spiro atoms. The fourth-order valence-corrected chi connectivity index (χ4v) is 10.3. The standard InChI is InChI=1S/C43H45F3N10O5S/c1-3-54(2)62(60,61)53-33-6-5-31(44)37(38(33)46)39(58)30-21-48-40-29(30)14-25(18-47-40)27-19-49-42(50-20-27)56-22-43(23-56)16-26(17-43)24-10-12-55(13-11-24)35-8-4-28(15-32(35)45)51-34-7-9-36(57)52-41(34)59/h4-6,8,14-15,18-21,24,26,34,51,53H,3,7,9-13,16-17,22-23H2,1-2H3,(H,47,48)(H,52,57,59). The molecule has 1 atom stereocenters. The zero-order valence-corrected chi connectivity index (χ0v) is 34.9. The van der Waals surface area contributed by atoms with Crippen LogP contribution in [-0.4, -0.2) is 96.1 Å². The average molecular weight is 871 g/mol. The van der Waals surface area contributed by atoms with Crippen LogP contribution in [0, 0.1) is 34.7 Å². The molecule has 4 N–H and O–H groups in total. The Hall–Kier alpha value is -6.08. The van der Waals surface area contributed by atoms with Crippen molar-refractivity contribution in [2.45, 2.75) is 51.5 Å². The summed E-state index contributed by atoms with van der Waals surface area (Å²) in [6.07, 6.45) is 11.1. The van der Waals surface area contributed by atoms with E-state index in [0.717, 1.165) is 68.3 Å². The molecule has 6 heterocycles. The molecule has 3 saturated heterocycles. The summed E-state index contributed by atoms with van der Waals surface area (Å²) in [6, 6.07) is 7.82. The second-order valence-electron chi connectivity index (χ2n) is 16.9. The van der Waals surface area contributed by atoms with Crippen LogP contribution in [0.1, 0.15) is 61.4 Å². The third-order valence-electron chi connectivity index (χ3n) is 13.0. The largest absolute Gasteiger partial charge is 0.374 e. The third kappa shape index (κ3) is 7.71. The van der Waals surface area contributed by atoms with Crippen molar-refractivity contribution in [1.82, 2.24) is 29.6 Å². The van der Waals surface area contributed by atoms with E-state index in [2.05, 4.69) is 45.1 Å². The van der Waals surface area contributed by atoms with Crippen LogP contribution >= 0.6 is 0 Å². The van der Waals surface area contributed by atoms with E-state index in [9.17, 15) is 22.8 Å². The fraction of sp³-hybridized carbons (Fsp3) is 0.395. The van der Waals surface area contributed by atoms with Crippen molar-refractivity contribution in [3.63, 3.8) is 0 Å². The quantitative estimate of drug-likeness (QED) is 0.0901. The van der Waals surface area contributed by atoms with Crippen LogP contribution in [0.15, 0.2) is 61.2 Å². The number of nitrogens with zero attached hydrogens (tertiary/aromatic N) is 6. The Kier molecular flexibility index (Phi) is 10.6. The van der Waals surface area contributed by atoms with Crippen LogP contribution in [0.3, 0.4) is 0 Å². The molecule has 1 aliphatic carbocycles. The molecular formula is C43H45F3N10O5S. The summed E-state index contributed by atoms with van der Waals surface area (Å²) in [7, 11) is -2.85. The van der Waals surface area contributed by atoms with Gasteiger partial charge in [-0.3, -0.25) is 24.4 Å². The predicted molar refractivity (Wildman–Crippen MR) is 226 cm³/mol. The Morgan fingerprint density at radius 1 is 0.919 bits per heavy atom. The number of hydrogen-bond acceptors (Lipinski definition) is 11. The van der Waals surface area contributed by atoms with Gasteiger partial charge in [-0.1, -0.05) is 6.92 Å². The second kappa shape index (κ2) is 16.0. The van der Waals surface area contributed by atoms with Gasteiger partial charge in [0.05, 0.1) is 16.9 Å². The van der Waals surface area contributed by atoms with Gasteiger partial charge in [-0.05, 0) is 80.3 Å². The molecule has 62 heavy (non-hydrogen) atoms. The third-order valence-corrected chi connectivity index (χ3v) is 14.5. The summed E-state index contributed by atoms with van der Waals surface area (Å²) in [4.78, 5) is 58.0. The van der Waals surface area contributed by atoms with Gasteiger partial charge in [-0.25, -0.2) is 28.1 Å². The maximum Gasteiger partial charge on any atom is 0.301 e. The molecule has 2 amide bonds. The number of aromatic amines is 1. The highest BCUT2D eigenvalue weighted by atomic mass is 32.2. The number of piperidine rings is 2. The van der Waals surface area contributed by atoms with E-state index in [0.29, 0.717) is 57.7 Å². The highest BCUT2D eigenvalue weighted by molar-refractivity contribution is 7.90. The van der Waals surface area contributed by atoms with Crippen molar-refractivity contribution in [3.05, 3.63) is 89.8 Å². The van der Waals surface area contributed by atoms with Gasteiger partial charge >= 0.3 is 10.2 Å². The van der Waals surface area contributed by atoms with Crippen LogP contribution in [0.5, 0.6) is 0 Å². The lowest BCUT2D eigenvalue weighted by Crippen LogP contribution is -2.64. The molecule has 19 heteroatoms. The zero-order chi connectivity index (χ0) is 43.5. The Labute approximate surface area is 355 Å². The van der Waals surface area contributed by atoms with Crippen molar-refractivity contribution >= 4 is 61.9 Å². The smallest absolute Gasteiger partial charge is 0.301 e.